The zero-order valence-electron chi connectivity index (χ0n) is 12.3. The normalized spacial score (nSPS) is 37.0. The van der Waals surface area contributed by atoms with Crippen molar-refractivity contribution in [2.75, 3.05) is 26.7 Å². The van der Waals surface area contributed by atoms with Gasteiger partial charge in [-0.2, -0.15) is 0 Å². The van der Waals surface area contributed by atoms with Gasteiger partial charge in [-0.3, -0.25) is 0 Å². The van der Waals surface area contributed by atoms with Gasteiger partial charge in [0.2, 0.25) is 0 Å². The second kappa shape index (κ2) is 5.48. The van der Waals surface area contributed by atoms with Crippen LogP contribution in [0.1, 0.15) is 52.4 Å². The first-order valence-electron chi connectivity index (χ1n) is 7.60. The van der Waals surface area contributed by atoms with Crippen LogP contribution in [0, 0.1) is 5.41 Å². The van der Waals surface area contributed by atoms with E-state index < -0.39 is 0 Å². The van der Waals surface area contributed by atoms with Gasteiger partial charge in [0, 0.05) is 11.6 Å². The molecule has 1 aliphatic carbocycles. The van der Waals surface area contributed by atoms with Crippen LogP contribution < -0.4 is 5.32 Å². The third-order valence-corrected chi connectivity index (χ3v) is 5.79. The van der Waals surface area contributed by atoms with E-state index in [1.807, 2.05) is 7.05 Å². The van der Waals surface area contributed by atoms with Crippen LogP contribution in [0.4, 0.5) is 0 Å². The summed E-state index contributed by atoms with van der Waals surface area (Å²) in [6.45, 7) is 7.54. The molecule has 3 heteroatoms. The summed E-state index contributed by atoms with van der Waals surface area (Å²) in [5, 5.41) is 12.9. The number of likely N-dealkylation sites (N-methyl/N-ethyl adjacent to an activating group) is 1. The van der Waals surface area contributed by atoms with Gasteiger partial charge in [-0.05, 0) is 57.7 Å². The number of nitrogens with one attached hydrogen (secondary N) is 1. The van der Waals surface area contributed by atoms with Crippen LogP contribution in [0.5, 0.6) is 0 Å². The predicted molar refractivity (Wildman–Crippen MR) is 75.7 cm³/mol. The fraction of sp³-hybridized carbons (Fsp3) is 1.00. The molecule has 2 fully saturated rings. The summed E-state index contributed by atoms with van der Waals surface area (Å²) in [7, 11) is 1.99. The molecule has 106 valence electrons. The Balaban J connectivity index is 1.88. The average Bonchev–Trinajstić information content (AvgIpc) is 2.85. The van der Waals surface area contributed by atoms with Crippen LogP contribution >= 0.6 is 0 Å². The summed E-state index contributed by atoms with van der Waals surface area (Å²) in [5.74, 6) is 0. The predicted octanol–water partition coefficient (Wildman–Crippen LogP) is 2.00. The molecule has 0 aromatic carbocycles. The van der Waals surface area contributed by atoms with Gasteiger partial charge in [0.15, 0.2) is 0 Å². The van der Waals surface area contributed by atoms with E-state index in [-0.39, 0.29) is 12.1 Å². The van der Waals surface area contributed by atoms with Crippen LogP contribution in [0.2, 0.25) is 0 Å². The van der Waals surface area contributed by atoms with Crippen molar-refractivity contribution >= 4 is 0 Å². The zero-order valence-corrected chi connectivity index (χ0v) is 12.3. The molecule has 0 bridgehead atoms. The van der Waals surface area contributed by atoms with E-state index in [0.29, 0.717) is 11.5 Å². The lowest BCUT2D eigenvalue weighted by Crippen LogP contribution is -2.48. The van der Waals surface area contributed by atoms with Crippen molar-refractivity contribution in [2.24, 2.45) is 5.41 Å². The molecule has 0 aromatic rings. The van der Waals surface area contributed by atoms with Gasteiger partial charge in [-0.1, -0.05) is 20.3 Å². The van der Waals surface area contributed by atoms with Crippen LogP contribution in [0.25, 0.3) is 0 Å². The molecule has 0 aromatic heterocycles. The Labute approximate surface area is 112 Å². The first kappa shape index (κ1) is 14.3. The molecular formula is C15H30N2O. The van der Waals surface area contributed by atoms with Crippen molar-refractivity contribution in [3.8, 4) is 0 Å². The summed E-state index contributed by atoms with van der Waals surface area (Å²) in [5.41, 5.74) is 0.572. The molecule has 0 radical (unpaired) electrons. The highest BCUT2D eigenvalue weighted by Gasteiger charge is 2.41. The van der Waals surface area contributed by atoms with Crippen molar-refractivity contribution in [2.45, 2.75) is 64.0 Å². The molecule has 1 heterocycles. The summed E-state index contributed by atoms with van der Waals surface area (Å²) >= 11 is 0. The number of rotatable bonds is 4. The fourth-order valence-electron chi connectivity index (χ4n) is 3.64. The van der Waals surface area contributed by atoms with Crippen molar-refractivity contribution in [1.82, 2.24) is 10.2 Å². The number of piperidine rings is 1. The van der Waals surface area contributed by atoms with E-state index in [1.165, 1.54) is 38.8 Å². The first-order valence-corrected chi connectivity index (χ1v) is 7.60. The minimum absolute atomic E-state index is 0.00380. The lowest BCUT2D eigenvalue weighted by molar-refractivity contribution is 0.0756. The van der Waals surface area contributed by atoms with Crippen LogP contribution in [0.15, 0.2) is 0 Å². The molecule has 18 heavy (non-hydrogen) atoms. The van der Waals surface area contributed by atoms with E-state index in [4.69, 9.17) is 0 Å². The van der Waals surface area contributed by atoms with Crippen molar-refractivity contribution in [3.05, 3.63) is 0 Å². The number of likely N-dealkylation sites (tertiary alicyclic amines) is 1. The molecule has 2 rings (SSSR count). The Morgan fingerprint density at radius 2 is 1.94 bits per heavy atom. The minimum Gasteiger partial charge on any atom is -0.394 e. The molecule has 1 saturated heterocycles. The van der Waals surface area contributed by atoms with Crippen molar-refractivity contribution < 1.29 is 5.11 Å². The zero-order chi connectivity index (χ0) is 13.2. The standard InChI is InChI=1S/C15H30N2O/c1-4-14(2)7-9-17(10-8-14)13-5-6-15(11-13,12-18)16-3/h13,16,18H,4-12H2,1-3H3. The van der Waals surface area contributed by atoms with Gasteiger partial charge in [-0.25, -0.2) is 0 Å². The number of aliphatic hydroxyl groups excluding tert-OH is 1. The average molecular weight is 254 g/mol. The molecular weight excluding hydrogens is 224 g/mol. The largest absolute Gasteiger partial charge is 0.394 e. The van der Waals surface area contributed by atoms with Gasteiger partial charge in [0.25, 0.3) is 0 Å². The topological polar surface area (TPSA) is 35.5 Å². The van der Waals surface area contributed by atoms with E-state index in [0.717, 1.165) is 12.8 Å². The van der Waals surface area contributed by atoms with Crippen LogP contribution in [-0.2, 0) is 0 Å². The lowest BCUT2D eigenvalue weighted by Gasteiger charge is -2.42. The third-order valence-electron chi connectivity index (χ3n) is 5.79. The number of aliphatic hydroxyl groups is 1. The molecule has 2 aliphatic rings. The first-order chi connectivity index (χ1) is 8.56. The molecule has 3 nitrogen and oxygen atoms in total. The van der Waals surface area contributed by atoms with Crippen molar-refractivity contribution in [3.63, 3.8) is 0 Å². The van der Waals surface area contributed by atoms with Gasteiger partial charge < -0.3 is 15.3 Å². The maximum absolute atomic E-state index is 9.57. The Hall–Kier alpha value is -0.120. The van der Waals surface area contributed by atoms with Crippen LogP contribution in [-0.4, -0.2) is 48.3 Å². The summed E-state index contributed by atoms with van der Waals surface area (Å²) in [4.78, 5) is 2.67. The Morgan fingerprint density at radius 3 is 2.39 bits per heavy atom. The SMILES string of the molecule is CCC1(C)CCN(C2CCC(CO)(NC)C2)CC1. The minimum atomic E-state index is -0.00380. The number of hydrogen-bond donors (Lipinski definition) is 2. The Kier molecular flexibility index (Phi) is 4.35. The maximum atomic E-state index is 9.57. The molecule has 0 spiro atoms. The van der Waals surface area contributed by atoms with E-state index in [9.17, 15) is 5.11 Å². The molecule has 1 saturated carbocycles. The fourth-order valence-corrected chi connectivity index (χ4v) is 3.64. The summed E-state index contributed by atoms with van der Waals surface area (Å²) < 4.78 is 0. The third kappa shape index (κ3) is 2.73. The van der Waals surface area contributed by atoms with Gasteiger partial charge >= 0.3 is 0 Å². The summed E-state index contributed by atoms with van der Waals surface area (Å²) in [6.07, 6.45) is 7.46. The molecule has 2 N–H and O–H groups in total. The second-order valence-electron chi connectivity index (χ2n) is 6.79. The van der Waals surface area contributed by atoms with E-state index >= 15 is 0 Å². The maximum Gasteiger partial charge on any atom is 0.0613 e. The summed E-state index contributed by atoms with van der Waals surface area (Å²) in [6, 6.07) is 0.686. The number of nitrogens with zero attached hydrogens (tertiary/aromatic N) is 1. The van der Waals surface area contributed by atoms with Gasteiger partial charge in [0.1, 0.15) is 0 Å². The highest BCUT2D eigenvalue weighted by molar-refractivity contribution is 4.99. The molecule has 0 amide bonds. The highest BCUT2D eigenvalue weighted by Crippen LogP contribution is 2.38. The Morgan fingerprint density at radius 1 is 1.28 bits per heavy atom. The Bertz CT molecular complexity index is 268. The molecule has 2 atom stereocenters. The number of hydrogen-bond acceptors (Lipinski definition) is 3. The monoisotopic (exact) mass is 254 g/mol. The van der Waals surface area contributed by atoms with Crippen LogP contribution in [0.3, 0.4) is 0 Å². The van der Waals surface area contributed by atoms with Crippen molar-refractivity contribution in [1.29, 1.82) is 0 Å². The second-order valence-corrected chi connectivity index (χ2v) is 6.79. The lowest BCUT2D eigenvalue weighted by atomic mass is 9.78. The van der Waals surface area contributed by atoms with E-state index in [1.54, 1.807) is 0 Å². The highest BCUT2D eigenvalue weighted by atomic mass is 16.3. The smallest absolute Gasteiger partial charge is 0.0613 e. The van der Waals surface area contributed by atoms with Gasteiger partial charge in [-0.15, -0.1) is 0 Å². The van der Waals surface area contributed by atoms with E-state index in [2.05, 4.69) is 24.1 Å². The van der Waals surface area contributed by atoms with Gasteiger partial charge in [0.05, 0.1) is 6.61 Å². The quantitative estimate of drug-likeness (QED) is 0.805. The molecule has 1 aliphatic heterocycles. The molecule has 2 unspecified atom stereocenters.